The molecule has 1 saturated heterocycles. The molecule has 3 heteroatoms. The number of piperidine rings is 1. The lowest BCUT2D eigenvalue weighted by atomic mass is 9.83. The van der Waals surface area contributed by atoms with E-state index in [1.807, 2.05) is 18.2 Å². The van der Waals surface area contributed by atoms with Crippen molar-refractivity contribution in [2.24, 2.45) is 5.73 Å². The summed E-state index contributed by atoms with van der Waals surface area (Å²) in [6, 6.07) is 7.90. The van der Waals surface area contributed by atoms with E-state index < -0.39 is 0 Å². The molecule has 0 unspecified atom stereocenters. The molecule has 1 aromatic rings. The van der Waals surface area contributed by atoms with Crippen molar-refractivity contribution in [2.45, 2.75) is 18.4 Å². The zero-order valence-electron chi connectivity index (χ0n) is 8.09. The van der Waals surface area contributed by atoms with Crippen LogP contribution in [0.25, 0.3) is 0 Å². The van der Waals surface area contributed by atoms with E-state index in [2.05, 4.69) is 11.4 Å². The highest BCUT2D eigenvalue weighted by molar-refractivity contribution is 6.30. The van der Waals surface area contributed by atoms with E-state index in [0.717, 1.165) is 36.5 Å². The summed E-state index contributed by atoms with van der Waals surface area (Å²) >= 11 is 5.95. The Hall–Kier alpha value is -0.570. The largest absolute Gasteiger partial charge is 0.321 e. The lowest BCUT2D eigenvalue weighted by Gasteiger charge is -2.34. The maximum atomic E-state index is 6.35. The van der Waals surface area contributed by atoms with E-state index in [0.29, 0.717) is 0 Å². The molecular weight excluding hydrogens is 196 g/mol. The summed E-state index contributed by atoms with van der Waals surface area (Å²) in [5, 5.41) is 4.08. The zero-order chi connectivity index (χ0) is 10.0. The van der Waals surface area contributed by atoms with E-state index in [1.165, 1.54) is 0 Å². The fourth-order valence-corrected chi connectivity index (χ4v) is 2.15. The number of hydrogen-bond acceptors (Lipinski definition) is 2. The zero-order valence-corrected chi connectivity index (χ0v) is 8.85. The molecule has 1 aliphatic heterocycles. The van der Waals surface area contributed by atoms with Crippen LogP contribution in [-0.4, -0.2) is 13.1 Å². The third kappa shape index (κ3) is 1.92. The summed E-state index contributed by atoms with van der Waals surface area (Å²) < 4.78 is 0. The predicted octanol–water partition coefficient (Wildman–Crippen LogP) is 1.88. The van der Waals surface area contributed by atoms with Crippen molar-refractivity contribution < 1.29 is 0 Å². The van der Waals surface area contributed by atoms with Gasteiger partial charge in [-0.2, -0.15) is 0 Å². The number of nitrogens with one attached hydrogen (secondary N) is 1. The molecule has 76 valence electrons. The second kappa shape index (κ2) is 3.89. The van der Waals surface area contributed by atoms with E-state index in [4.69, 9.17) is 17.3 Å². The van der Waals surface area contributed by atoms with Crippen molar-refractivity contribution in [1.29, 1.82) is 0 Å². The standard InChI is InChI=1S/C11H15ClN2/c12-10-3-1-2-9(8-10)11(13)4-6-14-7-5-11/h1-3,8,14H,4-7,13H2. The molecule has 1 fully saturated rings. The summed E-state index contributed by atoms with van der Waals surface area (Å²) in [5.41, 5.74) is 7.33. The summed E-state index contributed by atoms with van der Waals surface area (Å²) in [5.74, 6) is 0. The van der Waals surface area contributed by atoms with Crippen LogP contribution in [0.2, 0.25) is 5.02 Å². The normalized spacial score (nSPS) is 20.7. The summed E-state index contributed by atoms with van der Waals surface area (Å²) in [7, 11) is 0. The second-order valence-corrected chi connectivity index (χ2v) is 4.35. The van der Waals surface area contributed by atoms with Gasteiger partial charge in [-0.3, -0.25) is 0 Å². The van der Waals surface area contributed by atoms with Crippen LogP contribution in [0.1, 0.15) is 18.4 Å². The lowest BCUT2D eigenvalue weighted by Crippen LogP contribution is -2.46. The molecule has 0 atom stereocenters. The second-order valence-electron chi connectivity index (χ2n) is 3.92. The van der Waals surface area contributed by atoms with Gasteiger partial charge in [-0.15, -0.1) is 0 Å². The highest BCUT2D eigenvalue weighted by Gasteiger charge is 2.29. The van der Waals surface area contributed by atoms with Crippen LogP contribution in [0.3, 0.4) is 0 Å². The van der Waals surface area contributed by atoms with Gasteiger partial charge in [0.2, 0.25) is 0 Å². The first-order chi connectivity index (χ1) is 6.71. The average molecular weight is 211 g/mol. The molecule has 0 spiro atoms. The molecule has 14 heavy (non-hydrogen) atoms. The Kier molecular flexibility index (Phi) is 2.77. The van der Waals surface area contributed by atoms with Crippen LogP contribution in [0, 0.1) is 0 Å². The van der Waals surface area contributed by atoms with Crippen molar-refractivity contribution in [1.82, 2.24) is 5.32 Å². The van der Waals surface area contributed by atoms with Gasteiger partial charge in [0.05, 0.1) is 0 Å². The van der Waals surface area contributed by atoms with Gasteiger partial charge in [0.1, 0.15) is 0 Å². The van der Waals surface area contributed by atoms with Gasteiger partial charge in [-0.25, -0.2) is 0 Å². The number of benzene rings is 1. The summed E-state index contributed by atoms with van der Waals surface area (Å²) in [4.78, 5) is 0. The third-order valence-electron chi connectivity index (χ3n) is 2.90. The quantitative estimate of drug-likeness (QED) is 0.743. The molecule has 0 saturated carbocycles. The Morgan fingerprint density at radius 2 is 2.00 bits per heavy atom. The Labute approximate surface area is 89.4 Å². The van der Waals surface area contributed by atoms with Gasteiger partial charge in [0.15, 0.2) is 0 Å². The van der Waals surface area contributed by atoms with E-state index >= 15 is 0 Å². The number of nitrogens with two attached hydrogens (primary N) is 1. The van der Waals surface area contributed by atoms with Gasteiger partial charge in [-0.05, 0) is 43.6 Å². The maximum Gasteiger partial charge on any atom is 0.0434 e. The fraction of sp³-hybridized carbons (Fsp3) is 0.455. The minimum absolute atomic E-state index is 0.184. The minimum atomic E-state index is -0.184. The summed E-state index contributed by atoms with van der Waals surface area (Å²) in [6.45, 7) is 1.98. The molecule has 1 aromatic carbocycles. The molecule has 0 radical (unpaired) electrons. The highest BCUT2D eigenvalue weighted by Crippen LogP contribution is 2.29. The first kappa shape index (κ1) is 9.97. The monoisotopic (exact) mass is 210 g/mol. The SMILES string of the molecule is NC1(c2cccc(Cl)c2)CCNCC1. The molecule has 0 amide bonds. The molecule has 2 rings (SSSR count). The van der Waals surface area contributed by atoms with E-state index in [9.17, 15) is 0 Å². The Bertz CT molecular complexity index is 319. The fourth-order valence-electron chi connectivity index (χ4n) is 1.96. The topological polar surface area (TPSA) is 38.0 Å². The molecule has 1 heterocycles. The average Bonchev–Trinajstić information content (AvgIpc) is 2.19. The Morgan fingerprint density at radius 3 is 2.64 bits per heavy atom. The smallest absolute Gasteiger partial charge is 0.0434 e. The van der Waals surface area contributed by atoms with Crippen LogP contribution in [0.5, 0.6) is 0 Å². The van der Waals surface area contributed by atoms with Crippen LogP contribution < -0.4 is 11.1 Å². The molecule has 0 bridgehead atoms. The van der Waals surface area contributed by atoms with Crippen LogP contribution >= 0.6 is 11.6 Å². The van der Waals surface area contributed by atoms with Crippen LogP contribution in [0.15, 0.2) is 24.3 Å². The van der Waals surface area contributed by atoms with Crippen molar-refractivity contribution in [2.75, 3.05) is 13.1 Å². The molecule has 1 aliphatic rings. The van der Waals surface area contributed by atoms with Gasteiger partial charge in [0, 0.05) is 10.6 Å². The van der Waals surface area contributed by atoms with Crippen molar-refractivity contribution in [3.63, 3.8) is 0 Å². The molecule has 2 nitrogen and oxygen atoms in total. The van der Waals surface area contributed by atoms with Gasteiger partial charge in [-0.1, -0.05) is 23.7 Å². The maximum absolute atomic E-state index is 6.35. The van der Waals surface area contributed by atoms with Crippen molar-refractivity contribution in [3.8, 4) is 0 Å². The third-order valence-corrected chi connectivity index (χ3v) is 3.13. The minimum Gasteiger partial charge on any atom is -0.321 e. The van der Waals surface area contributed by atoms with Gasteiger partial charge >= 0.3 is 0 Å². The highest BCUT2D eigenvalue weighted by atomic mass is 35.5. The number of halogens is 1. The van der Waals surface area contributed by atoms with Crippen molar-refractivity contribution >= 4 is 11.6 Å². The van der Waals surface area contributed by atoms with E-state index in [1.54, 1.807) is 0 Å². The number of rotatable bonds is 1. The van der Waals surface area contributed by atoms with E-state index in [-0.39, 0.29) is 5.54 Å². The molecule has 3 N–H and O–H groups in total. The Balaban J connectivity index is 2.28. The Morgan fingerprint density at radius 1 is 1.29 bits per heavy atom. The van der Waals surface area contributed by atoms with Gasteiger partial charge in [0.25, 0.3) is 0 Å². The van der Waals surface area contributed by atoms with Crippen LogP contribution in [0.4, 0.5) is 0 Å². The number of hydrogen-bond donors (Lipinski definition) is 2. The first-order valence-electron chi connectivity index (χ1n) is 4.96. The predicted molar refractivity (Wildman–Crippen MR) is 59.4 cm³/mol. The summed E-state index contributed by atoms with van der Waals surface area (Å²) in [6.07, 6.45) is 1.96. The van der Waals surface area contributed by atoms with Gasteiger partial charge < -0.3 is 11.1 Å². The first-order valence-corrected chi connectivity index (χ1v) is 5.34. The molecular formula is C11H15ClN2. The molecule has 0 aromatic heterocycles. The lowest BCUT2D eigenvalue weighted by molar-refractivity contribution is 0.317. The van der Waals surface area contributed by atoms with Crippen LogP contribution in [-0.2, 0) is 5.54 Å². The van der Waals surface area contributed by atoms with Crippen molar-refractivity contribution in [3.05, 3.63) is 34.9 Å². The molecule has 0 aliphatic carbocycles.